The van der Waals surface area contributed by atoms with Crippen LogP contribution in [0.15, 0.2) is 96.0 Å². The first kappa shape index (κ1) is 25.2. The number of carbonyl (C=O) groups excluding carboxylic acids is 2. The topological polar surface area (TPSA) is 92.3 Å². The Kier molecular flexibility index (Phi) is 6.43. The molecule has 200 valence electrons. The molecule has 2 unspecified atom stereocenters. The van der Waals surface area contributed by atoms with Crippen LogP contribution in [-0.2, 0) is 0 Å². The van der Waals surface area contributed by atoms with Crippen molar-refractivity contribution in [1.29, 1.82) is 0 Å². The van der Waals surface area contributed by atoms with Gasteiger partial charge in [-0.2, -0.15) is 0 Å². The standard InChI is InChI=1S/C32H28N4O4/c1-19-12-14-20(15-13-19)31(37)36-29-28(21-16-17-26(39-2)27(18-21)40-3)33-24-10-6-7-11-25(24)35-30(29)34-23-9-5-4-8-22(23)32(36)38/h4-18,28-29,33H,1-3H3,(H,34,35). The highest BCUT2D eigenvalue weighted by molar-refractivity contribution is 6.19. The van der Waals surface area contributed by atoms with Crippen LogP contribution in [0.4, 0.5) is 17.1 Å². The maximum atomic E-state index is 14.3. The number of methoxy groups -OCH3 is 2. The number of benzene rings is 4. The SMILES string of the molecule is COc1ccc(C2Nc3ccccc3NC3=Nc4ccccc4C(=O)N(C(=O)c4ccc(C)cc4)C32)cc1OC. The predicted molar refractivity (Wildman–Crippen MR) is 155 cm³/mol. The first-order valence-corrected chi connectivity index (χ1v) is 12.9. The van der Waals surface area contributed by atoms with E-state index in [0.717, 1.165) is 22.5 Å². The highest BCUT2D eigenvalue weighted by Gasteiger charge is 2.44. The highest BCUT2D eigenvalue weighted by Crippen LogP contribution is 2.40. The third-order valence-electron chi connectivity index (χ3n) is 7.25. The van der Waals surface area contributed by atoms with Gasteiger partial charge in [-0.25, -0.2) is 4.99 Å². The van der Waals surface area contributed by atoms with Gasteiger partial charge < -0.3 is 20.1 Å². The number of fused-ring (bicyclic) bond motifs is 3. The van der Waals surface area contributed by atoms with Crippen LogP contribution in [0.2, 0.25) is 0 Å². The van der Waals surface area contributed by atoms with E-state index in [-0.39, 0.29) is 0 Å². The van der Waals surface area contributed by atoms with Gasteiger partial charge in [0.05, 0.1) is 42.9 Å². The Morgan fingerprint density at radius 1 is 0.850 bits per heavy atom. The molecule has 6 rings (SSSR count). The van der Waals surface area contributed by atoms with E-state index in [9.17, 15) is 9.59 Å². The first-order chi connectivity index (χ1) is 19.5. The van der Waals surface area contributed by atoms with Crippen molar-refractivity contribution >= 4 is 34.7 Å². The lowest BCUT2D eigenvalue weighted by molar-refractivity contribution is 0.0577. The minimum Gasteiger partial charge on any atom is -0.493 e. The van der Waals surface area contributed by atoms with E-state index in [1.54, 1.807) is 44.6 Å². The first-order valence-electron chi connectivity index (χ1n) is 12.9. The molecule has 8 nitrogen and oxygen atoms in total. The van der Waals surface area contributed by atoms with Gasteiger partial charge in [-0.1, -0.05) is 48.0 Å². The number of nitrogens with one attached hydrogen (secondary N) is 2. The van der Waals surface area contributed by atoms with E-state index in [1.165, 1.54) is 4.90 Å². The van der Waals surface area contributed by atoms with Crippen LogP contribution >= 0.6 is 0 Å². The van der Waals surface area contributed by atoms with E-state index >= 15 is 0 Å². The van der Waals surface area contributed by atoms with Crippen LogP contribution in [0.3, 0.4) is 0 Å². The van der Waals surface area contributed by atoms with Gasteiger partial charge in [0.15, 0.2) is 11.5 Å². The van der Waals surface area contributed by atoms with Crippen molar-refractivity contribution < 1.29 is 19.1 Å². The Morgan fingerprint density at radius 3 is 2.30 bits per heavy atom. The number of amides is 2. The number of anilines is 2. The van der Waals surface area contributed by atoms with Crippen LogP contribution in [-0.4, -0.2) is 42.8 Å². The number of ether oxygens (including phenoxy) is 2. The summed E-state index contributed by atoms with van der Waals surface area (Å²) < 4.78 is 11.1. The van der Waals surface area contributed by atoms with Crippen LogP contribution in [0.5, 0.6) is 11.5 Å². The van der Waals surface area contributed by atoms with Crippen LogP contribution in [0.1, 0.15) is 37.9 Å². The Bertz CT molecular complexity index is 1650. The summed E-state index contributed by atoms with van der Waals surface area (Å²) in [6.07, 6.45) is 0. The molecule has 0 radical (unpaired) electrons. The van der Waals surface area contributed by atoms with Crippen molar-refractivity contribution in [2.24, 2.45) is 4.99 Å². The second-order valence-corrected chi connectivity index (χ2v) is 9.71. The van der Waals surface area contributed by atoms with Gasteiger partial charge in [-0.15, -0.1) is 0 Å². The van der Waals surface area contributed by atoms with Gasteiger partial charge in [0.25, 0.3) is 11.8 Å². The second-order valence-electron chi connectivity index (χ2n) is 9.71. The predicted octanol–water partition coefficient (Wildman–Crippen LogP) is 5.99. The number of rotatable bonds is 4. The maximum absolute atomic E-state index is 14.3. The Labute approximate surface area is 232 Å². The van der Waals surface area contributed by atoms with Gasteiger partial charge in [-0.05, 0) is 61.0 Å². The zero-order chi connectivity index (χ0) is 27.8. The maximum Gasteiger partial charge on any atom is 0.263 e. The van der Waals surface area contributed by atoms with Crippen LogP contribution < -0.4 is 20.1 Å². The van der Waals surface area contributed by atoms with E-state index in [2.05, 4.69) is 10.6 Å². The van der Waals surface area contributed by atoms with Gasteiger partial charge >= 0.3 is 0 Å². The molecule has 2 N–H and O–H groups in total. The summed E-state index contributed by atoms with van der Waals surface area (Å²) >= 11 is 0. The number of amidine groups is 1. The number of aliphatic imine (C=N–C) groups is 1. The number of nitrogens with zero attached hydrogens (tertiary/aromatic N) is 2. The summed E-state index contributed by atoms with van der Waals surface area (Å²) in [5.41, 5.74) is 4.64. The van der Waals surface area contributed by atoms with Gasteiger partial charge in [0.1, 0.15) is 11.9 Å². The molecule has 2 aliphatic heterocycles. The molecule has 40 heavy (non-hydrogen) atoms. The molecular formula is C32H28N4O4. The normalized spacial score (nSPS) is 17.5. The minimum absolute atomic E-state index is 0.352. The molecule has 8 heteroatoms. The van der Waals surface area contributed by atoms with Crippen LogP contribution in [0, 0.1) is 6.92 Å². The van der Waals surface area contributed by atoms with Crippen LogP contribution in [0.25, 0.3) is 0 Å². The number of carbonyl (C=O) groups is 2. The van der Waals surface area contributed by atoms with E-state index in [0.29, 0.717) is 34.1 Å². The summed E-state index contributed by atoms with van der Waals surface area (Å²) in [6.45, 7) is 1.95. The quantitative estimate of drug-likeness (QED) is 0.314. The molecule has 0 bridgehead atoms. The molecule has 0 aromatic heterocycles. The molecule has 4 aromatic carbocycles. The molecule has 2 heterocycles. The fourth-order valence-electron chi connectivity index (χ4n) is 5.20. The minimum atomic E-state index is -0.834. The van der Waals surface area contributed by atoms with Crippen molar-refractivity contribution in [3.8, 4) is 11.5 Å². The van der Waals surface area contributed by atoms with E-state index < -0.39 is 23.9 Å². The molecule has 4 aromatic rings. The molecular weight excluding hydrogens is 504 g/mol. The van der Waals surface area contributed by atoms with E-state index in [1.807, 2.05) is 67.6 Å². The number of aryl methyl sites for hydroxylation is 1. The summed E-state index contributed by atoms with van der Waals surface area (Å²) in [5, 5.41) is 7.04. The number of hydrogen-bond donors (Lipinski definition) is 2. The fraction of sp³-hybridized carbons (Fsp3) is 0.156. The van der Waals surface area contributed by atoms with Gasteiger partial charge in [-0.3, -0.25) is 14.5 Å². The van der Waals surface area contributed by atoms with E-state index in [4.69, 9.17) is 14.5 Å². The summed E-state index contributed by atoms with van der Waals surface area (Å²) in [6, 6.07) is 26.2. The molecule has 2 atom stereocenters. The number of imide groups is 1. The van der Waals surface area contributed by atoms with Gasteiger partial charge in [0.2, 0.25) is 0 Å². The van der Waals surface area contributed by atoms with Gasteiger partial charge in [0, 0.05) is 5.56 Å². The van der Waals surface area contributed by atoms with Crippen molar-refractivity contribution in [3.05, 3.63) is 113 Å². The Balaban J connectivity index is 1.60. The second kappa shape index (κ2) is 10.2. The monoisotopic (exact) mass is 532 g/mol. The smallest absolute Gasteiger partial charge is 0.263 e. The average Bonchev–Trinajstić information content (AvgIpc) is 3.21. The lowest BCUT2D eigenvalue weighted by atomic mass is 9.95. The molecule has 0 spiro atoms. The number of hydrogen-bond acceptors (Lipinski definition) is 7. The molecule has 2 amide bonds. The van der Waals surface area contributed by atoms with Crippen molar-refractivity contribution in [2.75, 3.05) is 24.9 Å². The molecule has 0 aliphatic carbocycles. The lowest BCUT2D eigenvalue weighted by Gasteiger charge is -2.35. The average molecular weight is 533 g/mol. The molecule has 0 saturated carbocycles. The molecule has 2 aliphatic rings. The summed E-state index contributed by atoms with van der Waals surface area (Å²) in [4.78, 5) is 34.8. The van der Waals surface area contributed by atoms with Crippen molar-refractivity contribution in [3.63, 3.8) is 0 Å². The summed E-state index contributed by atoms with van der Waals surface area (Å²) in [7, 11) is 3.15. The number of para-hydroxylation sites is 3. The summed E-state index contributed by atoms with van der Waals surface area (Å²) in [5.74, 6) is 0.732. The van der Waals surface area contributed by atoms with Crippen molar-refractivity contribution in [2.45, 2.75) is 19.0 Å². The third kappa shape index (κ3) is 4.33. The highest BCUT2D eigenvalue weighted by atomic mass is 16.5. The largest absolute Gasteiger partial charge is 0.493 e. The molecule has 0 fully saturated rings. The lowest BCUT2D eigenvalue weighted by Crippen LogP contribution is -2.53. The Hall–Kier alpha value is -5.11. The van der Waals surface area contributed by atoms with Crippen molar-refractivity contribution in [1.82, 2.24) is 4.90 Å². The molecule has 0 saturated heterocycles. The zero-order valence-corrected chi connectivity index (χ0v) is 22.3. The zero-order valence-electron chi connectivity index (χ0n) is 22.3. The fourth-order valence-corrected chi connectivity index (χ4v) is 5.20. The Morgan fingerprint density at radius 2 is 1.55 bits per heavy atom. The third-order valence-corrected chi connectivity index (χ3v) is 7.25.